The Kier molecular flexibility index (Phi) is 5.02. The van der Waals surface area contributed by atoms with Crippen molar-refractivity contribution in [3.63, 3.8) is 0 Å². The molecule has 0 atom stereocenters. The molecule has 1 nitrogen and oxygen atoms in total. The molecule has 106 valence electrons. The Morgan fingerprint density at radius 1 is 1.37 bits per heavy atom. The van der Waals surface area contributed by atoms with E-state index >= 15 is 0 Å². The van der Waals surface area contributed by atoms with Crippen LogP contribution in [0.1, 0.15) is 44.6 Å². The Balaban J connectivity index is 2.10. The van der Waals surface area contributed by atoms with Gasteiger partial charge >= 0.3 is 0 Å². The van der Waals surface area contributed by atoms with Crippen LogP contribution in [0.2, 0.25) is 0 Å². The van der Waals surface area contributed by atoms with Crippen molar-refractivity contribution < 1.29 is 4.39 Å². The first-order valence-electron chi connectivity index (χ1n) is 7.22. The van der Waals surface area contributed by atoms with Crippen LogP contribution in [0.5, 0.6) is 0 Å². The maximum absolute atomic E-state index is 14.0. The molecule has 1 aromatic carbocycles. The van der Waals surface area contributed by atoms with Crippen LogP contribution < -0.4 is 5.73 Å². The first-order valence-corrected chi connectivity index (χ1v) is 8.02. The quantitative estimate of drug-likeness (QED) is 0.853. The van der Waals surface area contributed by atoms with Crippen LogP contribution in [-0.4, -0.2) is 6.54 Å². The Hall–Kier alpha value is -0.410. The van der Waals surface area contributed by atoms with Gasteiger partial charge in [0.2, 0.25) is 0 Å². The van der Waals surface area contributed by atoms with Crippen molar-refractivity contribution in [1.29, 1.82) is 0 Å². The fraction of sp³-hybridized carbons (Fsp3) is 0.625. The lowest BCUT2D eigenvalue weighted by molar-refractivity contribution is 0.152. The molecule has 0 radical (unpaired) electrons. The Labute approximate surface area is 123 Å². The predicted molar refractivity (Wildman–Crippen MR) is 81.5 cm³/mol. The van der Waals surface area contributed by atoms with E-state index in [1.165, 1.54) is 19.3 Å². The maximum atomic E-state index is 14.0. The topological polar surface area (TPSA) is 26.0 Å². The molecule has 19 heavy (non-hydrogen) atoms. The SMILES string of the molecule is CCC1CCC(CN)(Cc2ccc(Br)cc2F)CC1. The summed E-state index contributed by atoms with van der Waals surface area (Å²) in [7, 11) is 0. The van der Waals surface area contributed by atoms with Crippen molar-refractivity contribution in [1.82, 2.24) is 0 Å². The zero-order chi connectivity index (χ0) is 13.9. The van der Waals surface area contributed by atoms with Crippen molar-refractivity contribution in [2.45, 2.75) is 45.4 Å². The summed E-state index contributed by atoms with van der Waals surface area (Å²) in [6.45, 7) is 2.92. The molecule has 0 aliphatic heterocycles. The highest BCUT2D eigenvalue weighted by Gasteiger charge is 2.34. The van der Waals surface area contributed by atoms with E-state index in [0.29, 0.717) is 6.54 Å². The van der Waals surface area contributed by atoms with Crippen molar-refractivity contribution in [3.8, 4) is 0 Å². The van der Waals surface area contributed by atoms with Crippen LogP contribution in [0.25, 0.3) is 0 Å². The zero-order valence-corrected chi connectivity index (χ0v) is 13.2. The van der Waals surface area contributed by atoms with Crippen molar-refractivity contribution >= 4 is 15.9 Å². The molecule has 2 N–H and O–H groups in total. The van der Waals surface area contributed by atoms with Gasteiger partial charge in [-0.15, -0.1) is 0 Å². The molecular formula is C16H23BrFN. The van der Waals surface area contributed by atoms with Crippen molar-refractivity contribution in [3.05, 3.63) is 34.1 Å². The summed E-state index contributed by atoms with van der Waals surface area (Å²) >= 11 is 3.30. The second-order valence-electron chi connectivity index (χ2n) is 5.97. The van der Waals surface area contributed by atoms with Gasteiger partial charge in [0.1, 0.15) is 5.82 Å². The summed E-state index contributed by atoms with van der Waals surface area (Å²) in [6, 6.07) is 5.36. The molecule has 1 aromatic rings. The predicted octanol–water partition coefficient (Wildman–Crippen LogP) is 4.68. The lowest BCUT2D eigenvalue weighted by Gasteiger charge is -2.39. The van der Waals surface area contributed by atoms with Gasteiger partial charge in [-0.05, 0) is 67.7 Å². The lowest BCUT2D eigenvalue weighted by Crippen LogP contribution is -2.37. The highest BCUT2D eigenvalue weighted by atomic mass is 79.9. The molecule has 1 saturated carbocycles. The summed E-state index contributed by atoms with van der Waals surface area (Å²) in [5, 5.41) is 0. The molecule has 1 aliphatic rings. The van der Waals surface area contributed by atoms with Gasteiger partial charge in [0.25, 0.3) is 0 Å². The van der Waals surface area contributed by atoms with E-state index in [9.17, 15) is 4.39 Å². The first kappa shape index (κ1) is 15.0. The minimum absolute atomic E-state index is 0.111. The summed E-state index contributed by atoms with van der Waals surface area (Å²) in [5.74, 6) is 0.731. The van der Waals surface area contributed by atoms with Gasteiger partial charge in [0.05, 0.1) is 0 Å². The summed E-state index contributed by atoms with van der Waals surface area (Å²) < 4.78 is 14.8. The minimum Gasteiger partial charge on any atom is -0.330 e. The number of hydrogen-bond acceptors (Lipinski definition) is 1. The van der Waals surface area contributed by atoms with Gasteiger partial charge in [0.15, 0.2) is 0 Å². The van der Waals surface area contributed by atoms with Crippen LogP contribution in [0.15, 0.2) is 22.7 Å². The smallest absolute Gasteiger partial charge is 0.127 e. The van der Waals surface area contributed by atoms with E-state index in [4.69, 9.17) is 5.73 Å². The highest BCUT2D eigenvalue weighted by Crippen LogP contribution is 2.42. The molecular weight excluding hydrogens is 305 g/mol. The average Bonchev–Trinajstić information content (AvgIpc) is 2.43. The fourth-order valence-corrected chi connectivity index (χ4v) is 3.55. The highest BCUT2D eigenvalue weighted by molar-refractivity contribution is 9.10. The summed E-state index contributed by atoms with van der Waals surface area (Å²) in [4.78, 5) is 0. The molecule has 0 bridgehead atoms. The Morgan fingerprint density at radius 3 is 2.58 bits per heavy atom. The van der Waals surface area contributed by atoms with Gasteiger partial charge in [-0.2, -0.15) is 0 Å². The van der Waals surface area contributed by atoms with Crippen LogP contribution in [0.4, 0.5) is 4.39 Å². The standard InChI is InChI=1S/C16H23BrFN/c1-2-12-5-7-16(11-19,8-6-12)10-13-3-4-14(17)9-15(13)18/h3-4,9,12H,2,5-8,10-11,19H2,1H3. The summed E-state index contributed by atoms with van der Waals surface area (Å²) in [5.41, 5.74) is 6.94. The number of hydrogen-bond donors (Lipinski definition) is 1. The third-order valence-corrected chi connectivity index (χ3v) is 5.25. The Morgan fingerprint density at radius 2 is 2.05 bits per heavy atom. The number of nitrogens with two attached hydrogens (primary N) is 1. The lowest BCUT2D eigenvalue weighted by atomic mass is 9.67. The van der Waals surface area contributed by atoms with Gasteiger partial charge < -0.3 is 5.73 Å². The molecule has 0 spiro atoms. The molecule has 3 heteroatoms. The molecule has 0 heterocycles. The molecule has 1 aliphatic carbocycles. The fourth-order valence-electron chi connectivity index (χ4n) is 3.22. The second-order valence-corrected chi connectivity index (χ2v) is 6.88. The van der Waals surface area contributed by atoms with Crippen molar-refractivity contribution in [2.75, 3.05) is 6.54 Å². The van der Waals surface area contributed by atoms with E-state index < -0.39 is 0 Å². The minimum atomic E-state index is -0.111. The van der Waals surface area contributed by atoms with E-state index in [2.05, 4.69) is 22.9 Å². The zero-order valence-electron chi connectivity index (χ0n) is 11.6. The monoisotopic (exact) mass is 327 g/mol. The Bertz CT molecular complexity index is 425. The average molecular weight is 328 g/mol. The van der Waals surface area contributed by atoms with Crippen LogP contribution in [-0.2, 0) is 6.42 Å². The molecule has 0 unspecified atom stereocenters. The molecule has 0 amide bonds. The second kappa shape index (κ2) is 6.36. The van der Waals surface area contributed by atoms with Crippen LogP contribution in [0, 0.1) is 17.2 Å². The molecule has 0 saturated heterocycles. The van der Waals surface area contributed by atoms with E-state index in [1.807, 2.05) is 12.1 Å². The molecule has 0 aromatic heterocycles. The number of benzene rings is 1. The van der Waals surface area contributed by atoms with E-state index in [-0.39, 0.29) is 11.2 Å². The summed E-state index contributed by atoms with van der Waals surface area (Å²) in [6.07, 6.45) is 6.79. The van der Waals surface area contributed by atoms with Gasteiger partial charge in [0, 0.05) is 4.47 Å². The number of halogens is 2. The normalized spacial score (nSPS) is 27.5. The molecule has 2 rings (SSSR count). The largest absolute Gasteiger partial charge is 0.330 e. The van der Waals surface area contributed by atoms with Gasteiger partial charge in [-0.25, -0.2) is 4.39 Å². The van der Waals surface area contributed by atoms with Crippen LogP contribution >= 0.6 is 15.9 Å². The maximum Gasteiger partial charge on any atom is 0.127 e. The van der Waals surface area contributed by atoms with Crippen LogP contribution in [0.3, 0.4) is 0 Å². The number of rotatable bonds is 4. The van der Waals surface area contributed by atoms with Gasteiger partial charge in [-0.1, -0.05) is 35.3 Å². The third-order valence-electron chi connectivity index (χ3n) is 4.76. The first-order chi connectivity index (χ1) is 9.08. The van der Waals surface area contributed by atoms with E-state index in [0.717, 1.165) is 35.2 Å². The van der Waals surface area contributed by atoms with Gasteiger partial charge in [-0.3, -0.25) is 0 Å². The third kappa shape index (κ3) is 3.57. The van der Waals surface area contributed by atoms with E-state index in [1.54, 1.807) is 6.07 Å². The van der Waals surface area contributed by atoms with Crippen molar-refractivity contribution in [2.24, 2.45) is 17.1 Å². The molecule has 1 fully saturated rings.